The number of amides is 2. The topological polar surface area (TPSA) is 94.3 Å². The van der Waals surface area contributed by atoms with Crippen LogP contribution in [0.2, 0.25) is 0 Å². The standard InChI is InChI=1S/C18H27N3O3.C2HF3O2/c1-13-9-20(10-15-6-5-14(2)24-15)12-18(13)7-8-21(17(18)23)11-16(22)19(3)4;3-2(4,5)1(6)7/h5-6,13H,7-12H2,1-4H3;(H,6,7)/t13-,18-;/m1./s1. The molecule has 1 aromatic rings. The van der Waals surface area contributed by atoms with E-state index < -0.39 is 12.1 Å². The monoisotopic (exact) mass is 447 g/mol. The molecule has 1 spiro atoms. The molecule has 11 heteroatoms. The Kier molecular flexibility index (Phi) is 7.40. The third-order valence-corrected chi connectivity index (χ3v) is 5.76. The van der Waals surface area contributed by atoms with Crippen molar-refractivity contribution in [1.29, 1.82) is 0 Å². The van der Waals surface area contributed by atoms with Gasteiger partial charge in [-0.2, -0.15) is 13.2 Å². The second kappa shape index (κ2) is 9.29. The van der Waals surface area contributed by atoms with Crippen LogP contribution in [0.3, 0.4) is 0 Å². The van der Waals surface area contributed by atoms with E-state index in [1.54, 1.807) is 23.9 Å². The molecule has 0 bridgehead atoms. The Bertz CT molecular complexity index is 823. The number of furan rings is 1. The van der Waals surface area contributed by atoms with Crippen LogP contribution in [0.1, 0.15) is 24.9 Å². The van der Waals surface area contributed by atoms with Gasteiger partial charge in [0.25, 0.3) is 0 Å². The maximum Gasteiger partial charge on any atom is 0.490 e. The zero-order valence-electron chi connectivity index (χ0n) is 18.0. The third kappa shape index (κ3) is 5.78. The summed E-state index contributed by atoms with van der Waals surface area (Å²) in [6.07, 6.45) is -4.25. The van der Waals surface area contributed by atoms with E-state index in [1.807, 2.05) is 19.1 Å². The van der Waals surface area contributed by atoms with Crippen LogP contribution in [0.4, 0.5) is 13.2 Å². The molecule has 2 aliphatic rings. The Hall–Kier alpha value is -2.56. The zero-order chi connectivity index (χ0) is 23.6. The number of hydrogen-bond acceptors (Lipinski definition) is 5. The van der Waals surface area contributed by atoms with Crippen molar-refractivity contribution in [2.24, 2.45) is 11.3 Å². The molecule has 8 nitrogen and oxygen atoms in total. The number of alkyl halides is 3. The Labute approximate surface area is 178 Å². The van der Waals surface area contributed by atoms with Gasteiger partial charge in [-0.15, -0.1) is 0 Å². The van der Waals surface area contributed by atoms with Crippen LogP contribution in [0.25, 0.3) is 0 Å². The fraction of sp³-hybridized carbons (Fsp3) is 0.650. The van der Waals surface area contributed by atoms with Gasteiger partial charge in [0.15, 0.2) is 0 Å². The fourth-order valence-corrected chi connectivity index (χ4v) is 4.01. The van der Waals surface area contributed by atoms with E-state index in [9.17, 15) is 22.8 Å². The number of carbonyl (C=O) groups is 3. The number of nitrogens with zero attached hydrogens (tertiary/aromatic N) is 3. The smallest absolute Gasteiger partial charge is 0.475 e. The molecule has 3 heterocycles. The van der Waals surface area contributed by atoms with Crippen molar-refractivity contribution in [1.82, 2.24) is 14.7 Å². The van der Waals surface area contributed by atoms with Crippen LogP contribution in [-0.4, -0.2) is 84.0 Å². The van der Waals surface area contributed by atoms with Crippen LogP contribution in [0.5, 0.6) is 0 Å². The van der Waals surface area contributed by atoms with Gasteiger partial charge in [0.05, 0.1) is 18.5 Å². The molecule has 3 rings (SSSR count). The number of carboxylic acids is 1. The number of likely N-dealkylation sites (tertiary alicyclic amines) is 2. The quantitative estimate of drug-likeness (QED) is 0.759. The Balaban J connectivity index is 0.000000423. The average molecular weight is 447 g/mol. The molecule has 0 aliphatic carbocycles. The number of aryl methyl sites for hydroxylation is 1. The molecular weight excluding hydrogens is 419 g/mol. The maximum absolute atomic E-state index is 13.0. The molecule has 0 unspecified atom stereocenters. The summed E-state index contributed by atoms with van der Waals surface area (Å²) in [5.41, 5.74) is -0.339. The molecule has 174 valence electrons. The van der Waals surface area contributed by atoms with E-state index in [1.165, 1.54) is 0 Å². The van der Waals surface area contributed by atoms with Crippen LogP contribution < -0.4 is 0 Å². The van der Waals surface area contributed by atoms with Gasteiger partial charge >= 0.3 is 12.1 Å². The van der Waals surface area contributed by atoms with Crippen molar-refractivity contribution in [2.75, 3.05) is 40.3 Å². The number of halogens is 3. The first-order chi connectivity index (χ1) is 14.3. The predicted molar refractivity (Wildman–Crippen MR) is 104 cm³/mol. The van der Waals surface area contributed by atoms with Crippen molar-refractivity contribution in [3.05, 3.63) is 23.7 Å². The average Bonchev–Trinajstić information content (AvgIpc) is 3.29. The number of aliphatic carboxylic acids is 1. The minimum atomic E-state index is -5.08. The summed E-state index contributed by atoms with van der Waals surface area (Å²) in [7, 11) is 3.45. The largest absolute Gasteiger partial charge is 0.490 e. The summed E-state index contributed by atoms with van der Waals surface area (Å²) in [5, 5.41) is 7.12. The predicted octanol–water partition coefficient (Wildman–Crippen LogP) is 1.98. The van der Waals surface area contributed by atoms with Crippen LogP contribution >= 0.6 is 0 Å². The fourth-order valence-electron chi connectivity index (χ4n) is 4.01. The first kappa shape index (κ1) is 24.7. The molecule has 2 fully saturated rings. The molecule has 2 atom stereocenters. The van der Waals surface area contributed by atoms with Gasteiger partial charge in [0, 0.05) is 33.7 Å². The number of rotatable bonds is 4. The van der Waals surface area contributed by atoms with Gasteiger partial charge in [-0.3, -0.25) is 14.5 Å². The lowest BCUT2D eigenvalue weighted by Gasteiger charge is -2.27. The molecule has 1 aromatic heterocycles. The highest BCUT2D eigenvalue weighted by Gasteiger charge is 2.55. The minimum Gasteiger partial charge on any atom is -0.475 e. The summed E-state index contributed by atoms with van der Waals surface area (Å²) >= 11 is 0. The Morgan fingerprint density at radius 3 is 2.42 bits per heavy atom. The highest BCUT2D eigenvalue weighted by molar-refractivity contribution is 5.90. The summed E-state index contributed by atoms with van der Waals surface area (Å²) in [5.74, 6) is -0.482. The number of carbonyl (C=O) groups excluding carboxylic acids is 2. The lowest BCUT2D eigenvalue weighted by molar-refractivity contribution is -0.192. The number of hydrogen-bond donors (Lipinski definition) is 1. The molecule has 2 saturated heterocycles. The molecule has 0 aromatic carbocycles. The van der Waals surface area contributed by atoms with E-state index in [-0.39, 0.29) is 23.8 Å². The number of likely N-dealkylation sites (N-methyl/N-ethyl adjacent to an activating group) is 1. The van der Waals surface area contributed by atoms with Crippen molar-refractivity contribution in [3.63, 3.8) is 0 Å². The second-order valence-electron chi connectivity index (χ2n) is 8.31. The normalized spacial score (nSPS) is 23.8. The second-order valence-corrected chi connectivity index (χ2v) is 8.31. The first-order valence-corrected chi connectivity index (χ1v) is 9.83. The number of carboxylic acid groups (broad SMARTS) is 1. The van der Waals surface area contributed by atoms with Gasteiger partial charge in [0.1, 0.15) is 11.5 Å². The molecule has 1 N–H and O–H groups in total. The summed E-state index contributed by atoms with van der Waals surface area (Å²) in [4.78, 5) is 39.4. The Morgan fingerprint density at radius 2 is 1.94 bits per heavy atom. The summed E-state index contributed by atoms with van der Waals surface area (Å²) < 4.78 is 37.4. The molecule has 2 aliphatic heterocycles. The van der Waals surface area contributed by atoms with Gasteiger partial charge < -0.3 is 19.3 Å². The van der Waals surface area contributed by atoms with Gasteiger partial charge in [-0.1, -0.05) is 6.92 Å². The van der Waals surface area contributed by atoms with Gasteiger partial charge in [-0.05, 0) is 31.4 Å². The summed E-state index contributed by atoms with van der Waals surface area (Å²) in [6.45, 7) is 7.35. The van der Waals surface area contributed by atoms with E-state index in [0.29, 0.717) is 12.5 Å². The van der Waals surface area contributed by atoms with E-state index in [2.05, 4.69) is 11.8 Å². The molecule has 31 heavy (non-hydrogen) atoms. The minimum absolute atomic E-state index is 0.0195. The zero-order valence-corrected chi connectivity index (χ0v) is 18.0. The van der Waals surface area contributed by atoms with E-state index in [0.717, 1.165) is 37.6 Å². The van der Waals surface area contributed by atoms with Crippen molar-refractivity contribution in [3.8, 4) is 0 Å². The summed E-state index contributed by atoms with van der Waals surface area (Å²) in [6, 6.07) is 3.98. The third-order valence-electron chi connectivity index (χ3n) is 5.76. The maximum atomic E-state index is 13.0. The molecular formula is C20H28F3N3O5. The molecule has 2 amide bonds. The molecule has 0 radical (unpaired) electrons. The van der Waals surface area contributed by atoms with Crippen LogP contribution in [0, 0.1) is 18.3 Å². The lowest BCUT2D eigenvalue weighted by atomic mass is 9.78. The highest BCUT2D eigenvalue weighted by atomic mass is 19.4. The SMILES string of the molecule is Cc1ccc(CN2C[C@@H](C)[C@@]3(CCN(CC(=O)N(C)C)C3=O)C2)o1.O=C(O)C(F)(F)F. The van der Waals surface area contributed by atoms with Gasteiger partial charge in [-0.25, -0.2) is 4.79 Å². The molecule has 0 saturated carbocycles. The Morgan fingerprint density at radius 1 is 1.32 bits per heavy atom. The highest BCUT2D eigenvalue weighted by Crippen LogP contribution is 2.45. The lowest BCUT2D eigenvalue weighted by Crippen LogP contribution is -2.43. The van der Waals surface area contributed by atoms with Crippen molar-refractivity contribution >= 4 is 17.8 Å². The first-order valence-electron chi connectivity index (χ1n) is 9.83. The van der Waals surface area contributed by atoms with Crippen LogP contribution in [-0.2, 0) is 20.9 Å². The van der Waals surface area contributed by atoms with Crippen molar-refractivity contribution in [2.45, 2.75) is 33.0 Å². The van der Waals surface area contributed by atoms with E-state index >= 15 is 0 Å². The van der Waals surface area contributed by atoms with Crippen LogP contribution in [0.15, 0.2) is 16.5 Å². The van der Waals surface area contributed by atoms with Crippen molar-refractivity contribution < 1.29 is 37.1 Å². The van der Waals surface area contributed by atoms with Gasteiger partial charge in [0.2, 0.25) is 11.8 Å². The van der Waals surface area contributed by atoms with E-state index in [4.69, 9.17) is 14.3 Å².